The van der Waals surface area contributed by atoms with Gasteiger partial charge in [-0.15, -0.1) is 0 Å². The van der Waals surface area contributed by atoms with Crippen molar-refractivity contribution in [1.29, 1.82) is 0 Å². The largest absolute Gasteiger partial charge is 0.353 e. The molecule has 1 N–H and O–H groups in total. The van der Waals surface area contributed by atoms with Gasteiger partial charge in [0.2, 0.25) is 5.91 Å². The molecule has 1 aliphatic heterocycles. The van der Waals surface area contributed by atoms with Gasteiger partial charge in [-0.1, -0.05) is 6.07 Å². The number of rotatable bonds is 6. The number of nitrogens with one attached hydrogen (secondary N) is 1. The lowest BCUT2D eigenvalue weighted by molar-refractivity contribution is -0.385. The molecule has 0 bridgehead atoms. The Labute approximate surface area is 138 Å². The summed E-state index contributed by atoms with van der Waals surface area (Å²) in [6, 6.07) is 3.92. The molecule has 9 heteroatoms. The van der Waals surface area contributed by atoms with Crippen LogP contribution in [0.4, 0.5) is 5.69 Å². The third kappa shape index (κ3) is 3.40. The van der Waals surface area contributed by atoms with E-state index in [1.54, 1.807) is 7.05 Å². The van der Waals surface area contributed by atoms with Crippen LogP contribution in [-0.4, -0.2) is 58.7 Å². The molecule has 3 amide bonds. The summed E-state index contributed by atoms with van der Waals surface area (Å²) in [5, 5.41) is 13.8. The van der Waals surface area contributed by atoms with E-state index in [1.807, 2.05) is 13.8 Å². The highest BCUT2D eigenvalue weighted by Crippen LogP contribution is 2.30. The van der Waals surface area contributed by atoms with Crippen LogP contribution in [0.25, 0.3) is 0 Å². The predicted octanol–water partition coefficient (Wildman–Crippen LogP) is 0.605. The number of carbonyl (C=O) groups is 3. The Morgan fingerprint density at radius 2 is 2.00 bits per heavy atom. The molecule has 0 saturated carbocycles. The molecule has 9 nitrogen and oxygen atoms in total. The maximum absolute atomic E-state index is 12.4. The summed E-state index contributed by atoms with van der Waals surface area (Å²) in [5.74, 6) is -1.57. The molecule has 2 rings (SSSR count). The third-order valence-corrected chi connectivity index (χ3v) is 3.42. The lowest BCUT2D eigenvalue weighted by Crippen LogP contribution is -2.44. The van der Waals surface area contributed by atoms with Crippen molar-refractivity contribution in [2.24, 2.45) is 0 Å². The summed E-state index contributed by atoms with van der Waals surface area (Å²) in [6.07, 6.45) is 0. The normalized spacial score (nSPS) is 13.6. The number of nitro groups is 1. The maximum Gasteiger partial charge on any atom is 0.282 e. The topological polar surface area (TPSA) is 113 Å². The maximum atomic E-state index is 12.4. The minimum Gasteiger partial charge on any atom is -0.353 e. The summed E-state index contributed by atoms with van der Waals surface area (Å²) in [6.45, 7) is 3.51. The minimum absolute atomic E-state index is 0.00627. The highest BCUT2D eigenvalue weighted by Gasteiger charge is 2.41. The average Bonchev–Trinajstić information content (AvgIpc) is 2.71. The van der Waals surface area contributed by atoms with Crippen molar-refractivity contribution < 1.29 is 19.3 Å². The van der Waals surface area contributed by atoms with Gasteiger partial charge in [0, 0.05) is 12.1 Å². The first-order chi connectivity index (χ1) is 11.2. The smallest absolute Gasteiger partial charge is 0.282 e. The zero-order valence-electron chi connectivity index (χ0n) is 13.6. The number of benzene rings is 1. The molecule has 0 aliphatic carbocycles. The SMILES string of the molecule is CC(C)NC(=O)CN(C)CN1C(=O)c2cccc([N+](=O)[O-])c2C1=O. The number of fused-ring (bicyclic) bond motifs is 1. The molecule has 0 aromatic heterocycles. The van der Waals surface area contributed by atoms with Crippen LogP contribution < -0.4 is 5.32 Å². The Bertz CT molecular complexity index is 716. The molecule has 0 unspecified atom stereocenters. The van der Waals surface area contributed by atoms with E-state index < -0.39 is 22.4 Å². The van der Waals surface area contributed by atoms with E-state index in [-0.39, 0.29) is 36.3 Å². The lowest BCUT2D eigenvalue weighted by Gasteiger charge is -2.22. The lowest BCUT2D eigenvalue weighted by atomic mass is 10.1. The number of hydrogen-bond donors (Lipinski definition) is 1. The Hall–Kier alpha value is -2.81. The first kappa shape index (κ1) is 17.5. The van der Waals surface area contributed by atoms with Crippen LogP contribution in [0.3, 0.4) is 0 Å². The van der Waals surface area contributed by atoms with Crippen LogP contribution in [0, 0.1) is 10.1 Å². The molecule has 1 heterocycles. The van der Waals surface area contributed by atoms with Crippen molar-refractivity contribution in [2.45, 2.75) is 19.9 Å². The first-order valence-corrected chi connectivity index (χ1v) is 7.34. The van der Waals surface area contributed by atoms with Crippen molar-refractivity contribution in [3.05, 3.63) is 39.4 Å². The molecule has 1 aromatic carbocycles. The number of carbonyl (C=O) groups excluding carboxylic acids is 3. The van der Waals surface area contributed by atoms with E-state index in [2.05, 4.69) is 5.32 Å². The standard InChI is InChI=1S/C15H18N4O5/c1-9(2)16-12(20)7-17(3)8-18-14(21)10-5-4-6-11(19(23)24)13(10)15(18)22/h4-6,9H,7-8H2,1-3H3,(H,16,20). The summed E-state index contributed by atoms with van der Waals surface area (Å²) < 4.78 is 0. The summed E-state index contributed by atoms with van der Waals surface area (Å²) >= 11 is 0. The number of nitro benzene ring substituents is 1. The van der Waals surface area contributed by atoms with E-state index in [4.69, 9.17) is 0 Å². The van der Waals surface area contributed by atoms with Crippen LogP contribution in [0.5, 0.6) is 0 Å². The fourth-order valence-electron chi connectivity index (χ4n) is 2.50. The Morgan fingerprint density at radius 3 is 2.58 bits per heavy atom. The summed E-state index contributed by atoms with van der Waals surface area (Å²) in [4.78, 5) is 49.2. The summed E-state index contributed by atoms with van der Waals surface area (Å²) in [7, 11) is 1.58. The Balaban J connectivity index is 2.15. The fourth-order valence-corrected chi connectivity index (χ4v) is 2.50. The van der Waals surface area contributed by atoms with Crippen molar-refractivity contribution in [1.82, 2.24) is 15.1 Å². The van der Waals surface area contributed by atoms with Crippen molar-refractivity contribution in [2.75, 3.05) is 20.3 Å². The Kier molecular flexibility index (Phi) is 4.93. The molecule has 1 aliphatic rings. The van der Waals surface area contributed by atoms with Crippen molar-refractivity contribution >= 4 is 23.4 Å². The molecule has 0 atom stereocenters. The van der Waals surface area contributed by atoms with E-state index in [0.717, 1.165) is 4.90 Å². The van der Waals surface area contributed by atoms with Gasteiger partial charge >= 0.3 is 0 Å². The monoisotopic (exact) mass is 334 g/mol. The van der Waals surface area contributed by atoms with Gasteiger partial charge in [0.25, 0.3) is 17.5 Å². The van der Waals surface area contributed by atoms with Gasteiger partial charge in [-0.05, 0) is 27.0 Å². The molecular weight excluding hydrogens is 316 g/mol. The quantitative estimate of drug-likeness (QED) is 0.463. The van der Waals surface area contributed by atoms with Gasteiger partial charge in [-0.3, -0.25) is 34.3 Å². The molecule has 0 saturated heterocycles. The van der Waals surface area contributed by atoms with Gasteiger partial charge in [-0.2, -0.15) is 0 Å². The Morgan fingerprint density at radius 1 is 1.33 bits per heavy atom. The number of nitrogens with zero attached hydrogens (tertiary/aromatic N) is 3. The van der Waals surface area contributed by atoms with Crippen LogP contribution in [0.2, 0.25) is 0 Å². The zero-order chi connectivity index (χ0) is 18.0. The fraction of sp³-hybridized carbons (Fsp3) is 0.400. The highest BCUT2D eigenvalue weighted by atomic mass is 16.6. The molecule has 128 valence electrons. The number of imide groups is 1. The molecule has 0 spiro atoms. The van der Waals surface area contributed by atoms with E-state index in [1.165, 1.54) is 23.1 Å². The summed E-state index contributed by atoms with van der Waals surface area (Å²) in [5.41, 5.74) is -0.588. The number of hydrogen-bond acceptors (Lipinski definition) is 6. The number of amides is 3. The van der Waals surface area contributed by atoms with E-state index in [9.17, 15) is 24.5 Å². The van der Waals surface area contributed by atoms with Crippen LogP contribution in [-0.2, 0) is 4.79 Å². The van der Waals surface area contributed by atoms with E-state index >= 15 is 0 Å². The van der Waals surface area contributed by atoms with Gasteiger partial charge in [0.05, 0.1) is 23.7 Å². The predicted molar refractivity (Wildman–Crippen MR) is 84.4 cm³/mol. The molecular formula is C15H18N4O5. The average molecular weight is 334 g/mol. The molecule has 0 radical (unpaired) electrons. The minimum atomic E-state index is -0.724. The highest BCUT2D eigenvalue weighted by molar-refractivity contribution is 6.23. The van der Waals surface area contributed by atoms with Crippen molar-refractivity contribution in [3.63, 3.8) is 0 Å². The van der Waals surface area contributed by atoms with Crippen LogP contribution in [0.1, 0.15) is 34.6 Å². The third-order valence-electron chi connectivity index (χ3n) is 3.42. The first-order valence-electron chi connectivity index (χ1n) is 7.34. The van der Waals surface area contributed by atoms with Gasteiger partial charge in [0.1, 0.15) is 5.56 Å². The molecule has 24 heavy (non-hydrogen) atoms. The van der Waals surface area contributed by atoms with Crippen molar-refractivity contribution in [3.8, 4) is 0 Å². The van der Waals surface area contributed by atoms with E-state index in [0.29, 0.717) is 0 Å². The van der Waals surface area contributed by atoms with Crippen LogP contribution in [0.15, 0.2) is 18.2 Å². The second-order valence-electron chi connectivity index (χ2n) is 5.87. The zero-order valence-corrected chi connectivity index (χ0v) is 13.6. The number of likely N-dealkylation sites (N-methyl/N-ethyl adjacent to an activating group) is 1. The molecule has 1 aromatic rings. The van der Waals surface area contributed by atoms with Crippen LogP contribution >= 0.6 is 0 Å². The van der Waals surface area contributed by atoms with Gasteiger partial charge in [0.15, 0.2) is 0 Å². The van der Waals surface area contributed by atoms with Gasteiger partial charge in [-0.25, -0.2) is 0 Å². The van der Waals surface area contributed by atoms with Gasteiger partial charge < -0.3 is 5.32 Å². The molecule has 0 fully saturated rings. The second kappa shape index (κ2) is 6.75. The second-order valence-corrected chi connectivity index (χ2v) is 5.87.